The Morgan fingerprint density at radius 3 is 2.83 bits per heavy atom. The van der Waals surface area contributed by atoms with Crippen LogP contribution in [0.25, 0.3) is 11.2 Å². The van der Waals surface area contributed by atoms with Crippen molar-refractivity contribution in [3.8, 4) is 5.75 Å². The van der Waals surface area contributed by atoms with E-state index >= 15 is 0 Å². The van der Waals surface area contributed by atoms with Crippen molar-refractivity contribution in [1.29, 1.82) is 0 Å². The first-order chi connectivity index (χ1) is 14.0. The summed E-state index contributed by atoms with van der Waals surface area (Å²) in [5, 5.41) is 3.77. The second-order valence-electron chi connectivity index (χ2n) is 7.81. The molecule has 1 saturated heterocycles. The highest BCUT2D eigenvalue weighted by molar-refractivity contribution is 6.33. The third kappa shape index (κ3) is 3.16. The Hall–Kier alpha value is -2.58. The number of nitrogens with one attached hydrogen (secondary N) is 1. The summed E-state index contributed by atoms with van der Waals surface area (Å²) >= 11 is 6.41. The molecule has 2 aliphatic heterocycles. The summed E-state index contributed by atoms with van der Waals surface area (Å²) in [6.45, 7) is 2.61. The van der Waals surface area contributed by atoms with E-state index in [1.165, 1.54) is 0 Å². The molecule has 2 aliphatic rings. The highest BCUT2D eigenvalue weighted by Crippen LogP contribution is 2.35. The van der Waals surface area contributed by atoms with Crippen molar-refractivity contribution in [2.45, 2.75) is 25.3 Å². The number of nitrogens with zero attached hydrogens (tertiary/aromatic N) is 5. The van der Waals surface area contributed by atoms with Gasteiger partial charge in [0.1, 0.15) is 11.3 Å². The van der Waals surface area contributed by atoms with Crippen LogP contribution >= 0.6 is 11.6 Å². The van der Waals surface area contributed by atoms with E-state index in [1.54, 1.807) is 17.8 Å². The molecule has 3 aromatic rings. The molecule has 0 radical (unpaired) electrons. The van der Waals surface area contributed by atoms with Crippen LogP contribution in [-0.4, -0.2) is 50.7 Å². The number of imidazole rings is 1. The number of piperidine rings is 1. The Balaban J connectivity index is 1.53. The second kappa shape index (κ2) is 7.03. The van der Waals surface area contributed by atoms with Crippen molar-refractivity contribution in [1.82, 2.24) is 24.0 Å². The first-order valence-electron chi connectivity index (χ1n) is 9.86. The van der Waals surface area contributed by atoms with Gasteiger partial charge in [0.05, 0.1) is 23.5 Å². The van der Waals surface area contributed by atoms with E-state index in [9.17, 15) is 4.79 Å². The Morgan fingerprint density at radius 2 is 2.03 bits per heavy atom. The number of ether oxygens (including phenoxy) is 1. The highest BCUT2D eigenvalue weighted by Gasteiger charge is 2.24. The lowest BCUT2D eigenvalue weighted by atomic mass is 10.1. The van der Waals surface area contributed by atoms with Crippen molar-refractivity contribution in [3.05, 3.63) is 39.4 Å². The Morgan fingerprint density at radius 1 is 1.24 bits per heavy atom. The van der Waals surface area contributed by atoms with Crippen LogP contribution < -0.4 is 15.7 Å². The first kappa shape index (κ1) is 18.4. The molecule has 152 valence electrons. The predicted molar refractivity (Wildman–Crippen MR) is 112 cm³/mol. The number of likely N-dealkylation sites (tertiary alicyclic amines) is 1. The fraction of sp³-hybridized carbons (Fsp3) is 0.450. The molecule has 8 nitrogen and oxygen atoms in total. The van der Waals surface area contributed by atoms with Crippen molar-refractivity contribution in [3.63, 3.8) is 0 Å². The zero-order valence-corrected chi connectivity index (χ0v) is 17.2. The lowest BCUT2D eigenvalue weighted by Crippen LogP contribution is -2.35. The third-order valence-electron chi connectivity index (χ3n) is 5.91. The number of hydrogen-bond acceptors (Lipinski definition) is 6. The predicted octanol–water partition coefficient (Wildman–Crippen LogP) is 2.73. The quantitative estimate of drug-likeness (QED) is 0.710. The minimum absolute atomic E-state index is 0.0475. The standard InChI is InChI=1S/C20H23ClN6O2/c1-25-6-3-13(4-7-25)27-18-16(26(2)20(27)28)11-22-19(24-18)23-15-9-12-5-8-29-17(12)10-14(15)21/h9-11,13H,3-8H2,1-2H3,(H,22,23,24). The number of rotatable bonds is 3. The topological polar surface area (TPSA) is 77.2 Å². The molecule has 0 atom stereocenters. The molecule has 5 rings (SSSR count). The van der Waals surface area contributed by atoms with E-state index in [1.807, 2.05) is 16.7 Å². The van der Waals surface area contributed by atoms with Gasteiger partial charge in [-0.15, -0.1) is 0 Å². The van der Waals surface area contributed by atoms with E-state index in [0.717, 1.165) is 54.9 Å². The van der Waals surface area contributed by atoms with Crippen LogP contribution in [0.1, 0.15) is 24.4 Å². The zero-order chi connectivity index (χ0) is 20.1. The number of anilines is 2. The van der Waals surface area contributed by atoms with E-state index in [-0.39, 0.29) is 11.7 Å². The smallest absolute Gasteiger partial charge is 0.330 e. The molecule has 0 saturated carbocycles. The summed E-state index contributed by atoms with van der Waals surface area (Å²) in [5.74, 6) is 1.25. The van der Waals surface area contributed by atoms with Crippen molar-refractivity contribution in [2.24, 2.45) is 7.05 Å². The Kier molecular flexibility index (Phi) is 4.48. The van der Waals surface area contributed by atoms with Gasteiger partial charge in [-0.25, -0.2) is 9.78 Å². The maximum Gasteiger partial charge on any atom is 0.330 e. The lowest BCUT2D eigenvalue weighted by Gasteiger charge is -2.29. The van der Waals surface area contributed by atoms with Crippen LogP contribution in [0.5, 0.6) is 5.75 Å². The van der Waals surface area contributed by atoms with Gasteiger partial charge in [-0.3, -0.25) is 9.13 Å². The van der Waals surface area contributed by atoms with Crippen LogP contribution in [0.15, 0.2) is 23.1 Å². The molecule has 0 amide bonds. The van der Waals surface area contributed by atoms with Gasteiger partial charge in [0, 0.05) is 25.6 Å². The van der Waals surface area contributed by atoms with Crippen LogP contribution in [-0.2, 0) is 13.5 Å². The maximum atomic E-state index is 12.9. The van der Waals surface area contributed by atoms with Gasteiger partial charge in [0.15, 0.2) is 5.65 Å². The number of benzene rings is 1. The molecule has 2 aromatic heterocycles. The summed E-state index contributed by atoms with van der Waals surface area (Å²) in [6.07, 6.45) is 4.41. The molecular formula is C20H23ClN6O2. The Labute approximate surface area is 173 Å². The minimum atomic E-state index is -0.0475. The van der Waals surface area contributed by atoms with Crippen molar-refractivity contribution in [2.75, 3.05) is 32.1 Å². The molecule has 9 heteroatoms. The van der Waals surface area contributed by atoms with Crippen LogP contribution in [0.2, 0.25) is 5.02 Å². The van der Waals surface area contributed by atoms with Gasteiger partial charge < -0.3 is 15.0 Å². The molecular weight excluding hydrogens is 392 g/mol. The van der Waals surface area contributed by atoms with Gasteiger partial charge in [-0.1, -0.05) is 11.6 Å². The summed E-state index contributed by atoms with van der Waals surface area (Å²) in [7, 11) is 3.88. The second-order valence-corrected chi connectivity index (χ2v) is 8.22. The van der Waals surface area contributed by atoms with E-state index in [2.05, 4.69) is 22.2 Å². The molecule has 0 spiro atoms. The van der Waals surface area contributed by atoms with E-state index in [0.29, 0.717) is 23.2 Å². The van der Waals surface area contributed by atoms with E-state index < -0.39 is 0 Å². The molecule has 0 unspecified atom stereocenters. The maximum absolute atomic E-state index is 12.9. The van der Waals surface area contributed by atoms with Gasteiger partial charge in [0.2, 0.25) is 5.95 Å². The molecule has 4 heterocycles. The van der Waals surface area contributed by atoms with Gasteiger partial charge in [0.25, 0.3) is 0 Å². The molecule has 1 fully saturated rings. The molecule has 1 N–H and O–H groups in total. The largest absolute Gasteiger partial charge is 0.493 e. The summed E-state index contributed by atoms with van der Waals surface area (Å²) in [6, 6.07) is 3.94. The monoisotopic (exact) mass is 414 g/mol. The van der Waals surface area contributed by atoms with Crippen LogP contribution in [0.3, 0.4) is 0 Å². The van der Waals surface area contributed by atoms with Crippen molar-refractivity contribution < 1.29 is 4.74 Å². The normalized spacial score (nSPS) is 17.5. The average Bonchev–Trinajstić information content (AvgIpc) is 3.25. The average molecular weight is 415 g/mol. The van der Waals surface area contributed by atoms with Crippen LogP contribution in [0, 0.1) is 0 Å². The van der Waals surface area contributed by atoms with Gasteiger partial charge in [-0.05, 0) is 44.6 Å². The van der Waals surface area contributed by atoms with Gasteiger partial charge in [-0.2, -0.15) is 4.98 Å². The summed E-state index contributed by atoms with van der Waals surface area (Å²) < 4.78 is 9.01. The number of halogens is 1. The zero-order valence-electron chi connectivity index (χ0n) is 16.5. The summed E-state index contributed by atoms with van der Waals surface area (Å²) in [4.78, 5) is 24.3. The lowest BCUT2D eigenvalue weighted by molar-refractivity contribution is 0.220. The number of aryl methyl sites for hydroxylation is 1. The molecule has 29 heavy (non-hydrogen) atoms. The van der Waals surface area contributed by atoms with Gasteiger partial charge >= 0.3 is 5.69 Å². The third-order valence-corrected chi connectivity index (χ3v) is 6.22. The fourth-order valence-corrected chi connectivity index (χ4v) is 4.40. The molecule has 0 aliphatic carbocycles. The SMILES string of the molecule is CN1CCC(n2c(=O)n(C)c3cnc(Nc4cc5c(cc4Cl)OCC5)nc32)CC1. The first-order valence-corrected chi connectivity index (χ1v) is 10.2. The summed E-state index contributed by atoms with van der Waals surface area (Å²) in [5.41, 5.74) is 3.19. The number of fused-ring (bicyclic) bond motifs is 2. The fourth-order valence-electron chi connectivity index (χ4n) is 4.19. The number of aromatic nitrogens is 4. The highest BCUT2D eigenvalue weighted by atomic mass is 35.5. The molecule has 0 bridgehead atoms. The van der Waals surface area contributed by atoms with E-state index in [4.69, 9.17) is 21.3 Å². The van der Waals surface area contributed by atoms with Crippen LogP contribution in [0.4, 0.5) is 11.6 Å². The Bertz CT molecular complexity index is 1150. The van der Waals surface area contributed by atoms with Crippen molar-refractivity contribution >= 4 is 34.4 Å². The number of hydrogen-bond donors (Lipinski definition) is 1. The minimum Gasteiger partial charge on any atom is -0.493 e. The molecule has 1 aromatic carbocycles.